The Balaban J connectivity index is 1.18. The molecule has 0 amide bonds. The molecule has 1 aliphatic carbocycles. The van der Waals surface area contributed by atoms with Crippen LogP contribution < -0.4 is 19.6 Å². The zero-order valence-corrected chi connectivity index (χ0v) is 24.2. The minimum absolute atomic E-state index is 0.0831. The van der Waals surface area contributed by atoms with E-state index in [1.807, 2.05) is 43.2 Å². The topological polar surface area (TPSA) is 87.3 Å². The van der Waals surface area contributed by atoms with Gasteiger partial charge in [0.15, 0.2) is 11.6 Å². The minimum Gasteiger partial charge on any atom is -0.493 e. The highest BCUT2D eigenvalue weighted by atomic mass is 32.2. The fourth-order valence-electron chi connectivity index (χ4n) is 5.51. The first-order valence-corrected chi connectivity index (χ1v) is 14.2. The second-order valence-electron chi connectivity index (χ2n) is 10.7. The van der Waals surface area contributed by atoms with Crippen LogP contribution in [0.5, 0.6) is 5.75 Å². The number of amidine groups is 1. The second-order valence-corrected chi connectivity index (χ2v) is 11.9. The van der Waals surface area contributed by atoms with E-state index >= 15 is 0 Å². The van der Waals surface area contributed by atoms with E-state index in [2.05, 4.69) is 44.2 Å². The zero-order valence-electron chi connectivity index (χ0n) is 23.4. The van der Waals surface area contributed by atoms with Crippen molar-refractivity contribution < 1.29 is 23.0 Å². The largest absolute Gasteiger partial charge is 0.493 e. The van der Waals surface area contributed by atoms with Crippen molar-refractivity contribution >= 4 is 34.8 Å². The molecule has 2 aromatic rings. The van der Waals surface area contributed by atoms with Gasteiger partial charge < -0.3 is 25.0 Å². The Morgan fingerprint density at radius 3 is 2.59 bits per heavy atom. The molecule has 1 unspecified atom stereocenters. The molecular weight excluding hydrogens is 553 g/mol. The number of benzene rings is 1. The van der Waals surface area contributed by atoms with Gasteiger partial charge in [0, 0.05) is 50.4 Å². The number of hydrogen-bond acceptors (Lipinski definition) is 8. The zero-order chi connectivity index (χ0) is 29.3. The van der Waals surface area contributed by atoms with Crippen LogP contribution in [0.2, 0.25) is 0 Å². The standard InChI is InChI=1S/C29H34F3N6O2S/c1-37(2)27-25(40-4)9-19(15-34-27)18-7-5-17(6-8-18)14-33-20-10-23(24(39)11-20)38(3)26-22-12-21(13-29(30,31)32)41-28(22)36-16-35-26/h5-9,12,15-16,20,22-24,33,39H,10-11,13-14H2,1-4H3/q+1/t20-,22?,23+,24-/m1/s1. The number of aliphatic hydroxyl groups is 1. The highest BCUT2D eigenvalue weighted by molar-refractivity contribution is 8.17. The summed E-state index contributed by atoms with van der Waals surface area (Å²) in [5.74, 6) is 1.68. The number of hydrogen-bond donors (Lipinski definition) is 2. The number of nitrogens with one attached hydrogen (secondary N) is 1. The first kappa shape index (κ1) is 29.2. The maximum absolute atomic E-state index is 12.9. The van der Waals surface area contributed by atoms with Gasteiger partial charge in [-0.3, -0.25) is 0 Å². The Morgan fingerprint density at radius 2 is 1.90 bits per heavy atom. The monoisotopic (exact) mass is 587 g/mol. The number of likely N-dealkylation sites (N-methyl/N-ethyl adjacent to an activating group) is 1. The van der Waals surface area contributed by atoms with Gasteiger partial charge in [-0.2, -0.15) is 13.2 Å². The first-order valence-electron chi connectivity index (χ1n) is 13.4. The number of allylic oxidation sites excluding steroid dienone is 1. The molecule has 2 aliphatic heterocycles. The van der Waals surface area contributed by atoms with Crippen molar-refractivity contribution in [3.8, 4) is 16.9 Å². The fraction of sp³-hybridized carbons (Fsp3) is 0.448. The van der Waals surface area contributed by atoms with Crippen LogP contribution in [0.1, 0.15) is 24.8 Å². The predicted octanol–water partition coefficient (Wildman–Crippen LogP) is 3.84. The van der Waals surface area contributed by atoms with Gasteiger partial charge in [-0.15, -0.1) is 0 Å². The number of fused-ring (bicyclic) bond motifs is 1. The highest BCUT2D eigenvalue weighted by Gasteiger charge is 2.45. The van der Waals surface area contributed by atoms with Crippen LogP contribution in [-0.4, -0.2) is 84.8 Å². The highest BCUT2D eigenvalue weighted by Crippen LogP contribution is 2.40. The van der Waals surface area contributed by atoms with Crippen molar-refractivity contribution in [2.24, 2.45) is 10.9 Å². The second kappa shape index (κ2) is 11.9. The number of ether oxygens (including phenoxy) is 1. The smallest absolute Gasteiger partial charge is 0.393 e. The van der Waals surface area contributed by atoms with E-state index in [4.69, 9.17) is 4.74 Å². The number of rotatable bonds is 8. The summed E-state index contributed by atoms with van der Waals surface area (Å²) < 4.78 is 48.6. The molecular formula is C29H34F3N6O2S+. The number of aromatic nitrogens is 1. The number of pyridine rings is 1. The number of aliphatic imine (C=N–C) groups is 1. The van der Waals surface area contributed by atoms with E-state index < -0.39 is 24.6 Å². The molecule has 0 bridgehead atoms. The number of anilines is 1. The van der Waals surface area contributed by atoms with Gasteiger partial charge in [-0.05, 0) is 46.8 Å². The molecule has 8 nitrogen and oxygen atoms in total. The summed E-state index contributed by atoms with van der Waals surface area (Å²) >= 11 is 1.06. The molecule has 0 spiro atoms. The van der Waals surface area contributed by atoms with Crippen LogP contribution in [-0.2, 0) is 6.54 Å². The molecule has 1 aromatic heterocycles. The number of aliphatic hydroxyl groups excluding tert-OH is 1. The summed E-state index contributed by atoms with van der Waals surface area (Å²) in [4.78, 5) is 13.0. The molecule has 1 aromatic carbocycles. The van der Waals surface area contributed by atoms with Crippen molar-refractivity contribution in [1.82, 2.24) is 19.9 Å². The third-order valence-electron chi connectivity index (χ3n) is 7.60. The molecule has 2 N–H and O–H groups in total. The SMILES string of the molecule is COc1cc(-c2ccc(CN[C@H]3C[C@@H](O)[C@@H](N(C)C4=NC=[N+]=C5SC(CC(F)(F)F)=CC45)C3)cc2)cnc1N(C)C. The van der Waals surface area contributed by atoms with Gasteiger partial charge >= 0.3 is 12.5 Å². The van der Waals surface area contributed by atoms with Gasteiger partial charge in [0.05, 0.1) is 25.7 Å². The summed E-state index contributed by atoms with van der Waals surface area (Å²) in [7, 11) is 7.33. The number of nitrogens with zero attached hydrogens (tertiary/aromatic N) is 5. The van der Waals surface area contributed by atoms with Crippen LogP contribution in [0.25, 0.3) is 11.1 Å². The van der Waals surface area contributed by atoms with Gasteiger partial charge in [0.1, 0.15) is 5.92 Å². The molecule has 218 valence electrons. The Kier molecular flexibility index (Phi) is 8.47. The quantitative estimate of drug-likeness (QED) is 0.454. The normalized spacial score (nSPS) is 23.6. The molecule has 41 heavy (non-hydrogen) atoms. The average molecular weight is 588 g/mol. The van der Waals surface area contributed by atoms with Crippen LogP contribution >= 0.6 is 11.8 Å². The van der Waals surface area contributed by atoms with Crippen molar-refractivity contribution in [2.75, 3.05) is 33.2 Å². The van der Waals surface area contributed by atoms with Crippen molar-refractivity contribution in [2.45, 2.75) is 50.2 Å². The lowest BCUT2D eigenvalue weighted by Crippen LogP contribution is -2.46. The lowest BCUT2D eigenvalue weighted by atomic mass is 10.0. The van der Waals surface area contributed by atoms with Gasteiger partial charge in [-0.25, -0.2) is 9.65 Å². The molecule has 12 heteroatoms. The Morgan fingerprint density at radius 1 is 1.15 bits per heavy atom. The summed E-state index contributed by atoms with van der Waals surface area (Å²) in [6, 6.07) is 10.1. The average Bonchev–Trinajstić information content (AvgIpc) is 3.52. The lowest BCUT2D eigenvalue weighted by Gasteiger charge is -2.29. The maximum Gasteiger partial charge on any atom is 0.393 e. The van der Waals surface area contributed by atoms with E-state index in [-0.39, 0.29) is 17.0 Å². The fourth-order valence-corrected chi connectivity index (χ4v) is 6.62. The molecule has 3 aliphatic rings. The Labute approximate surface area is 241 Å². The van der Waals surface area contributed by atoms with E-state index in [0.29, 0.717) is 36.0 Å². The summed E-state index contributed by atoms with van der Waals surface area (Å²) in [5, 5.41) is 15.0. The third kappa shape index (κ3) is 6.62. The number of methoxy groups -OCH3 is 1. The maximum atomic E-state index is 12.9. The third-order valence-corrected chi connectivity index (χ3v) is 8.71. The van der Waals surface area contributed by atoms with Gasteiger partial charge in [-0.1, -0.05) is 30.3 Å². The molecule has 1 fully saturated rings. The lowest BCUT2D eigenvalue weighted by molar-refractivity contribution is -0.125. The molecule has 1 saturated carbocycles. The van der Waals surface area contributed by atoms with Crippen molar-refractivity contribution in [3.05, 3.63) is 53.1 Å². The van der Waals surface area contributed by atoms with Gasteiger partial charge in [0.2, 0.25) is 5.84 Å². The molecule has 0 radical (unpaired) electrons. The summed E-state index contributed by atoms with van der Waals surface area (Å²) in [6.07, 6.45) is 0.237. The van der Waals surface area contributed by atoms with Gasteiger partial charge in [0.25, 0.3) is 5.04 Å². The number of halogens is 3. The molecule has 4 atom stereocenters. The molecule has 0 saturated heterocycles. The number of thioether (sulfide) groups is 1. The Bertz CT molecular complexity index is 1400. The molecule has 5 rings (SSSR count). The van der Waals surface area contributed by atoms with Crippen LogP contribution in [0.4, 0.5) is 19.0 Å². The van der Waals surface area contributed by atoms with E-state index in [1.54, 1.807) is 13.2 Å². The predicted molar refractivity (Wildman–Crippen MR) is 158 cm³/mol. The van der Waals surface area contributed by atoms with E-state index in [9.17, 15) is 18.3 Å². The van der Waals surface area contributed by atoms with Crippen molar-refractivity contribution in [1.29, 1.82) is 0 Å². The summed E-state index contributed by atoms with van der Waals surface area (Å²) in [6.45, 7) is 0.642. The van der Waals surface area contributed by atoms with E-state index in [1.165, 1.54) is 6.34 Å². The van der Waals surface area contributed by atoms with Crippen LogP contribution in [0, 0.1) is 5.92 Å². The van der Waals surface area contributed by atoms with Crippen molar-refractivity contribution in [3.63, 3.8) is 0 Å². The summed E-state index contributed by atoms with van der Waals surface area (Å²) in [5.41, 5.74) is 3.12. The number of alkyl halides is 3. The Hall–Kier alpha value is -3.31. The van der Waals surface area contributed by atoms with Crippen LogP contribution in [0.15, 0.2) is 52.5 Å². The van der Waals surface area contributed by atoms with E-state index in [0.717, 1.165) is 34.3 Å². The molecule has 3 heterocycles. The first-order chi connectivity index (χ1) is 19.5. The van der Waals surface area contributed by atoms with Crippen LogP contribution in [0.3, 0.4) is 0 Å². The minimum atomic E-state index is -4.27.